The number of anilines is 1. The lowest BCUT2D eigenvalue weighted by Crippen LogP contribution is -2.26. The lowest BCUT2D eigenvalue weighted by Gasteiger charge is -2.27. The van der Waals surface area contributed by atoms with Crippen LogP contribution in [0.5, 0.6) is 0 Å². The predicted octanol–water partition coefficient (Wildman–Crippen LogP) is 5.78. The van der Waals surface area contributed by atoms with Crippen molar-refractivity contribution in [1.29, 1.82) is 0 Å². The molecule has 2 aromatic heterocycles. The zero-order valence-electron chi connectivity index (χ0n) is 22.0. The summed E-state index contributed by atoms with van der Waals surface area (Å²) >= 11 is 0. The summed E-state index contributed by atoms with van der Waals surface area (Å²) in [5, 5.41) is 5.01. The van der Waals surface area contributed by atoms with Crippen LogP contribution in [-0.2, 0) is 15.6 Å². The number of fused-ring (bicyclic) bond motifs is 1. The minimum Gasteiger partial charge on any atom is -0.383 e. The number of benzene rings is 2. The van der Waals surface area contributed by atoms with Crippen LogP contribution in [-0.4, -0.2) is 29.2 Å². The number of nitrogens with zero attached hydrogens (tertiary/aromatic N) is 3. The smallest absolute Gasteiger partial charge is 0.185 e. The summed E-state index contributed by atoms with van der Waals surface area (Å²) in [6.45, 7) is 3.82. The third kappa shape index (κ3) is 5.05. The number of hydrogen-bond acceptors (Lipinski definition) is 6. The second-order valence-corrected chi connectivity index (χ2v) is 12.5. The summed E-state index contributed by atoms with van der Waals surface area (Å²) in [5.41, 5.74) is 13.3. The molecule has 4 aromatic rings. The van der Waals surface area contributed by atoms with Crippen molar-refractivity contribution in [1.82, 2.24) is 14.8 Å². The van der Waals surface area contributed by atoms with Crippen molar-refractivity contribution >= 4 is 26.6 Å². The van der Waals surface area contributed by atoms with Gasteiger partial charge in [-0.1, -0.05) is 0 Å². The van der Waals surface area contributed by atoms with E-state index in [4.69, 9.17) is 11.5 Å². The van der Waals surface area contributed by atoms with Crippen LogP contribution in [0, 0.1) is 23.3 Å². The fourth-order valence-electron chi connectivity index (χ4n) is 5.40. The zero-order valence-corrected chi connectivity index (χ0v) is 22.8. The van der Waals surface area contributed by atoms with Gasteiger partial charge in [-0.2, -0.15) is 5.10 Å². The number of pyridine rings is 1. The molecule has 12 heteroatoms. The lowest BCUT2D eigenvalue weighted by molar-refractivity contribution is 0.395. The normalized spacial score (nSPS) is 18.1. The number of sulfone groups is 1. The quantitative estimate of drug-likeness (QED) is 0.223. The van der Waals surface area contributed by atoms with E-state index in [-0.39, 0.29) is 35.1 Å². The Bertz CT molecular complexity index is 1710. The highest BCUT2D eigenvalue weighted by molar-refractivity contribution is 7.90. The van der Waals surface area contributed by atoms with Gasteiger partial charge in [0.15, 0.2) is 9.84 Å². The summed E-state index contributed by atoms with van der Waals surface area (Å²) in [6.07, 6.45) is 5.11. The Morgan fingerprint density at radius 2 is 1.70 bits per heavy atom. The van der Waals surface area contributed by atoms with Gasteiger partial charge in [-0.05, 0) is 75.3 Å². The van der Waals surface area contributed by atoms with E-state index in [2.05, 4.69) is 10.1 Å². The lowest BCUT2D eigenvalue weighted by atomic mass is 9.82. The van der Waals surface area contributed by atoms with Crippen molar-refractivity contribution in [2.24, 2.45) is 5.73 Å². The fourth-order valence-corrected chi connectivity index (χ4v) is 6.82. The first-order valence-corrected chi connectivity index (χ1v) is 14.6. The SMILES string of the molecule is CC(C)n1nc(-c2cc(F)c(CS(=O)(=O)c3ccc(F)cc3F)cc2F)c2c(N)ncc(C3CCC(N)CC3)c21. The molecular weight excluding hydrogens is 546 g/mol. The van der Waals surface area contributed by atoms with Crippen molar-refractivity contribution in [2.75, 3.05) is 5.73 Å². The fraction of sp³-hybridized carbons (Fsp3) is 0.357. The summed E-state index contributed by atoms with van der Waals surface area (Å²) in [4.78, 5) is 3.55. The van der Waals surface area contributed by atoms with Crippen molar-refractivity contribution < 1.29 is 26.0 Å². The third-order valence-electron chi connectivity index (χ3n) is 7.45. The first kappa shape index (κ1) is 28.0. The number of hydrogen-bond donors (Lipinski definition) is 2. The van der Waals surface area contributed by atoms with E-state index in [1.54, 1.807) is 10.9 Å². The molecule has 0 spiro atoms. The van der Waals surface area contributed by atoms with Crippen molar-refractivity contribution in [3.8, 4) is 11.3 Å². The molecule has 212 valence electrons. The molecule has 0 saturated heterocycles. The van der Waals surface area contributed by atoms with Crippen molar-refractivity contribution in [3.05, 3.63) is 70.9 Å². The van der Waals surface area contributed by atoms with Gasteiger partial charge in [0.05, 0.1) is 16.7 Å². The van der Waals surface area contributed by atoms with Crippen molar-refractivity contribution in [3.63, 3.8) is 0 Å². The molecule has 1 saturated carbocycles. The molecule has 1 aliphatic carbocycles. The number of nitrogens with two attached hydrogens (primary N) is 2. The van der Waals surface area contributed by atoms with E-state index >= 15 is 8.78 Å². The second kappa shape index (κ2) is 10.5. The van der Waals surface area contributed by atoms with Gasteiger partial charge in [-0.25, -0.2) is 31.0 Å². The largest absolute Gasteiger partial charge is 0.383 e. The highest BCUT2D eigenvalue weighted by Crippen LogP contribution is 2.42. The second-order valence-electron chi connectivity index (χ2n) is 10.6. The molecule has 7 nitrogen and oxygen atoms in total. The van der Waals surface area contributed by atoms with Crippen LogP contribution in [0.4, 0.5) is 23.4 Å². The molecule has 0 unspecified atom stereocenters. The first-order valence-electron chi connectivity index (χ1n) is 13.0. The van der Waals surface area contributed by atoms with Crippen LogP contribution in [0.15, 0.2) is 41.4 Å². The zero-order chi connectivity index (χ0) is 28.9. The molecule has 40 heavy (non-hydrogen) atoms. The van der Waals surface area contributed by atoms with Gasteiger partial charge in [-0.15, -0.1) is 0 Å². The molecule has 0 amide bonds. The average Bonchev–Trinajstić information content (AvgIpc) is 3.28. The van der Waals surface area contributed by atoms with Crippen LogP contribution in [0.3, 0.4) is 0 Å². The maximum atomic E-state index is 15.6. The topological polar surface area (TPSA) is 117 Å². The number of nitrogen functional groups attached to an aromatic ring is 1. The summed E-state index contributed by atoms with van der Waals surface area (Å²) < 4.78 is 85.5. The highest BCUT2D eigenvalue weighted by Gasteiger charge is 2.29. The monoisotopic (exact) mass is 575 g/mol. The standard InChI is InChI=1S/C28H29F4N5O2S/c1-14(2)37-27-20(15-3-6-18(33)7-4-15)12-35-28(34)25(27)26(36-37)19-11-21(30)16(9-22(19)31)13-40(38,39)24-8-5-17(29)10-23(24)32/h5,8-12,14-15,18H,3-4,6-7,13,33H2,1-2H3,(H2,34,35). The molecule has 0 aliphatic heterocycles. The molecule has 1 fully saturated rings. The predicted molar refractivity (Wildman–Crippen MR) is 144 cm³/mol. The van der Waals surface area contributed by atoms with Crippen LogP contribution in [0.1, 0.15) is 62.6 Å². The Balaban J connectivity index is 1.61. The van der Waals surface area contributed by atoms with E-state index in [0.29, 0.717) is 17.0 Å². The molecule has 1 aliphatic rings. The Kier molecular flexibility index (Phi) is 7.34. The van der Waals surface area contributed by atoms with E-state index in [1.165, 1.54) is 0 Å². The Hall–Kier alpha value is -3.51. The maximum Gasteiger partial charge on any atom is 0.185 e. The minimum absolute atomic E-state index is 0.0819. The van der Waals surface area contributed by atoms with Crippen LogP contribution in [0.2, 0.25) is 0 Å². The van der Waals surface area contributed by atoms with E-state index in [0.717, 1.165) is 55.5 Å². The summed E-state index contributed by atoms with van der Waals surface area (Å²) in [7, 11) is -4.46. The average molecular weight is 576 g/mol. The molecular formula is C28H29F4N5O2S. The van der Waals surface area contributed by atoms with E-state index in [1.807, 2.05) is 13.8 Å². The van der Waals surface area contributed by atoms with Gasteiger partial charge in [0.25, 0.3) is 0 Å². The minimum atomic E-state index is -4.46. The van der Waals surface area contributed by atoms with Crippen LogP contribution < -0.4 is 11.5 Å². The third-order valence-corrected chi connectivity index (χ3v) is 9.14. The van der Waals surface area contributed by atoms with Crippen molar-refractivity contribution in [2.45, 2.75) is 68.2 Å². The van der Waals surface area contributed by atoms with Gasteiger partial charge >= 0.3 is 0 Å². The molecule has 2 aromatic carbocycles. The molecule has 0 atom stereocenters. The van der Waals surface area contributed by atoms with Gasteiger partial charge in [-0.3, -0.25) is 4.68 Å². The number of halogens is 4. The molecule has 4 N–H and O–H groups in total. The molecule has 0 bridgehead atoms. The van der Waals surface area contributed by atoms with Gasteiger partial charge in [0, 0.05) is 35.5 Å². The Morgan fingerprint density at radius 1 is 1.00 bits per heavy atom. The first-order chi connectivity index (χ1) is 18.9. The van der Waals surface area contributed by atoms with Crippen LogP contribution >= 0.6 is 0 Å². The summed E-state index contributed by atoms with van der Waals surface area (Å²) in [6, 6.07) is 3.54. The molecule has 2 heterocycles. The summed E-state index contributed by atoms with van der Waals surface area (Å²) in [5.74, 6) is -5.02. The maximum absolute atomic E-state index is 15.6. The number of rotatable bonds is 6. The van der Waals surface area contributed by atoms with Gasteiger partial charge < -0.3 is 11.5 Å². The Labute approximate surface area is 229 Å². The van der Waals surface area contributed by atoms with Crippen LogP contribution in [0.25, 0.3) is 22.2 Å². The molecule has 0 radical (unpaired) electrons. The number of aromatic nitrogens is 3. The van der Waals surface area contributed by atoms with E-state index < -0.39 is 49.3 Å². The Morgan fingerprint density at radius 3 is 2.35 bits per heavy atom. The van der Waals surface area contributed by atoms with Gasteiger partial charge in [0.1, 0.15) is 39.7 Å². The highest BCUT2D eigenvalue weighted by atomic mass is 32.2. The van der Waals surface area contributed by atoms with E-state index in [9.17, 15) is 17.2 Å². The van der Waals surface area contributed by atoms with Gasteiger partial charge in [0.2, 0.25) is 0 Å². The molecule has 5 rings (SSSR count).